The lowest BCUT2D eigenvalue weighted by Crippen LogP contribution is -2.43. The summed E-state index contributed by atoms with van der Waals surface area (Å²) in [6.07, 6.45) is 0.666. The van der Waals surface area contributed by atoms with Crippen LogP contribution in [0, 0.1) is 24.2 Å². The van der Waals surface area contributed by atoms with Crippen LogP contribution in [0.4, 0.5) is 10.7 Å². The van der Waals surface area contributed by atoms with E-state index in [4.69, 9.17) is 5.26 Å². The highest BCUT2D eigenvalue weighted by atomic mass is 79.9. The van der Waals surface area contributed by atoms with Crippen molar-refractivity contribution in [3.05, 3.63) is 28.4 Å². The molecule has 2 aromatic rings. The summed E-state index contributed by atoms with van der Waals surface area (Å²) in [5.41, 5.74) is 4.18. The Morgan fingerprint density at radius 1 is 1.39 bits per heavy atom. The van der Waals surface area contributed by atoms with Crippen LogP contribution in [0.1, 0.15) is 26.0 Å². The number of amides is 1. The maximum absolute atomic E-state index is 12.6. The molecule has 0 unspecified atom stereocenters. The molecule has 1 aromatic carbocycles. The van der Waals surface area contributed by atoms with Crippen LogP contribution in [0.15, 0.2) is 22.7 Å². The van der Waals surface area contributed by atoms with Gasteiger partial charge in [-0.25, -0.2) is 0 Å². The number of piperazine rings is 1. The van der Waals surface area contributed by atoms with E-state index >= 15 is 0 Å². The highest BCUT2D eigenvalue weighted by molar-refractivity contribution is 9.10. The van der Waals surface area contributed by atoms with Crippen molar-refractivity contribution < 1.29 is 4.79 Å². The number of halogens is 1. The molecule has 2 heterocycles. The first-order valence-electron chi connectivity index (χ1n) is 10.5. The average Bonchev–Trinajstić information content (AvgIpc) is 3.11. The van der Waals surface area contributed by atoms with Gasteiger partial charge in [0.05, 0.1) is 17.5 Å². The highest BCUT2D eigenvalue weighted by Crippen LogP contribution is 2.39. The normalized spacial score (nSPS) is 14.9. The summed E-state index contributed by atoms with van der Waals surface area (Å²) >= 11 is 5.12. The Kier molecular flexibility index (Phi) is 8.29. The molecule has 7 nitrogen and oxygen atoms in total. The van der Waals surface area contributed by atoms with Crippen LogP contribution >= 0.6 is 27.5 Å². The molecule has 3 rings (SSSR count). The summed E-state index contributed by atoms with van der Waals surface area (Å²) in [5, 5.41) is 19.1. The minimum absolute atomic E-state index is 0.00408. The van der Waals surface area contributed by atoms with Gasteiger partial charge in [-0.3, -0.25) is 4.79 Å². The number of rotatable bonds is 8. The molecule has 1 aliphatic rings. The van der Waals surface area contributed by atoms with Crippen LogP contribution in [0.3, 0.4) is 0 Å². The van der Waals surface area contributed by atoms with Gasteiger partial charge in [0.15, 0.2) is 0 Å². The standard InChI is InChI=1S/C22H29BrN6OS/c1-14(2)12-18(21(30)26-7-6-24)27-22-20(15(3)28-31-22)16-4-5-19(17(23)13-16)29-10-8-25-9-11-29/h4-5,13-14,18,25,27H,7-12H2,1-3H3,(H,26,30)/t18-/m0/s1. The quantitative estimate of drug-likeness (QED) is 0.474. The number of hydrogen-bond donors (Lipinski definition) is 3. The fourth-order valence-electron chi connectivity index (χ4n) is 3.74. The number of nitrogens with one attached hydrogen (secondary N) is 3. The summed E-state index contributed by atoms with van der Waals surface area (Å²) in [4.78, 5) is 15.0. The molecule has 0 saturated carbocycles. The van der Waals surface area contributed by atoms with E-state index in [0.29, 0.717) is 12.3 Å². The van der Waals surface area contributed by atoms with Crippen LogP contribution in [-0.2, 0) is 4.79 Å². The molecule has 0 bridgehead atoms. The molecule has 1 fully saturated rings. The van der Waals surface area contributed by atoms with E-state index in [1.165, 1.54) is 17.2 Å². The minimum Gasteiger partial charge on any atom is -0.368 e. The Bertz CT molecular complexity index is 948. The van der Waals surface area contributed by atoms with Gasteiger partial charge >= 0.3 is 0 Å². The molecular formula is C22H29BrN6OS. The molecule has 0 radical (unpaired) electrons. The topological polar surface area (TPSA) is 93.1 Å². The van der Waals surface area contributed by atoms with E-state index in [-0.39, 0.29) is 12.5 Å². The second-order valence-electron chi connectivity index (χ2n) is 8.08. The molecule has 1 atom stereocenters. The Balaban J connectivity index is 1.86. The Morgan fingerprint density at radius 3 is 2.77 bits per heavy atom. The highest BCUT2D eigenvalue weighted by Gasteiger charge is 2.23. The predicted molar refractivity (Wildman–Crippen MR) is 131 cm³/mol. The number of anilines is 2. The van der Waals surface area contributed by atoms with Crippen molar-refractivity contribution in [1.82, 2.24) is 15.0 Å². The molecule has 3 N–H and O–H groups in total. The van der Waals surface area contributed by atoms with Crippen molar-refractivity contribution >= 4 is 44.1 Å². The van der Waals surface area contributed by atoms with E-state index in [0.717, 1.165) is 52.5 Å². The van der Waals surface area contributed by atoms with E-state index in [1.54, 1.807) is 0 Å². The van der Waals surface area contributed by atoms with Gasteiger partial charge in [-0.05, 0) is 64.4 Å². The zero-order chi connectivity index (χ0) is 22.4. The van der Waals surface area contributed by atoms with Gasteiger partial charge in [0.2, 0.25) is 5.91 Å². The van der Waals surface area contributed by atoms with Gasteiger partial charge in [-0.2, -0.15) is 9.64 Å². The van der Waals surface area contributed by atoms with Crippen molar-refractivity contribution in [2.24, 2.45) is 5.92 Å². The van der Waals surface area contributed by atoms with E-state index in [2.05, 4.69) is 73.2 Å². The number of carbonyl (C=O) groups is 1. The molecule has 166 valence electrons. The molecule has 0 aliphatic carbocycles. The number of nitrogens with zero attached hydrogens (tertiary/aromatic N) is 3. The zero-order valence-electron chi connectivity index (χ0n) is 18.2. The summed E-state index contributed by atoms with van der Waals surface area (Å²) in [6, 6.07) is 7.95. The maximum Gasteiger partial charge on any atom is 0.243 e. The molecular weight excluding hydrogens is 476 g/mol. The third-order valence-corrected chi connectivity index (χ3v) is 6.73. The third-order valence-electron chi connectivity index (χ3n) is 5.23. The lowest BCUT2D eigenvalue weighted by atomic mass is 10.0. The molecule has 0 spiro atoms. The monoisotopic (exact) mass is 504 g/mol. The Hall–Kier alpha value is -2.15. The molecule has 1 aliphatic heterocycles. The number of aromatic nitrogens is 1. The van der Waals surface area contributed by atoms with Gasteiger partial charge in [-0.1, -0.05) is 19.9 Å². The third kappa shape index (κ3) is 5.97. The Morgan fingerprint density at radius 2 is 2.13 bits per heavy atom. The molecule has 1 aromatic heterocycles. The SMILES string of the molecule is Cc1nsc(N[C@@H](CC(C)C)C(=O)NCC#N)c1-c1ccc(N2CCNCC2)c(Br)c1. The summed E-state index contributed by atoms with van der Waals surface area (Å²) in [5.74, 6) is 0.165. The lowest BCUT2D eigenvalue weighted by Gasteiger charge is -2.30. The van der Waals surface area contributed by atoms with Crippen molar-refractivity contribution in [3.63, 3.8) is 0 Å². The van der Waals surface area contributed by atoms with Crippen LogP contribution < -0.4 is 20.9 Å². The summed E-state index contributed by atoms with van der Waals surface area (Å²) in [6.45, 7) is 10.1. The van der Waals surface area contributed by atoms with Gasteiger partial charge in [-0.15, -0.1) is 0 Å². The average molecular weight is 505 g/mol. The van der Waals surface area contributed by atoms with E-state index < -0.39 is 6.04 Å². The van der Waals surface area contributed by atoms with Crippen molar-refractivity contribution in [3.8, 4) is 17.2 Å². The fraction of sp³-hybridized carbons (Fsp3) is 0.500. The summed E-state index contributed by atoms with van der Waals surface area (Å²) < 4.78 is 5.60. The van der Waals surface area contributed by atoms with Crippen LogP contribution in [-0.4, -0.2) is 49.0 Å². The number of nitriles is 1. The lowest BCUT2D eigenvalue weighted by molar-refractivity contribution is -0.121. The smallest absolute Gasteiger partial charge is 0.243 e. The van der Waals surface area contributed by atoms with E-state index in [9.17, 15) is 4.79 Å². The van der Waals surface area contributed by atoms with Crippen molar-refractivity contribution in [2.45, 2.75) is 33.2 Å². The first-order valence-corrected chi connectivity index (χ1v) is 12.1. The number of aryl methyl sites for hydroxylation is 1. The minimum atomic E-state index is -0.421. The van der Waals surface area contributed by atoms with Gasteiger partial charge in [0.25, 0.3) is 0 Å². The van der Waals surface area contributed by atoms with Gasteiger partial charge < -0.3 is 20.9 Å². The second-order valence-corrected chi connectivity index (χ2v) is 9.71. The van der Waals surface area contributed by atoms with Crippen LogP contribution in [0.2, 0.25) is 0 Å². The van der Waals surface area contributed by atoms with Crippen molar-refractivity contribution in [2.75, 3.05) is 42.9 Å². The van der Waals surface area contributed by atoms with Crippen LogP contribution in [0.25, 0.3) is 11.1 Å². The molecule has 9 heteroatoms. The molecule has 31 heavy (non-hydrogen) atoms. The predicted octanol–water partition coefficient (Wildman–Crippen LogP) is 3.76. The number of hydrogen-bond acceptors (Lipinski definition) is 7. The maximum atomic E-state index is 12.6. The fourth-order valence-corrected chi connectivity index (χ4v) is 5.24. The number of carbonyl (C=O) groups excluding carboxylic acids is 1. The Labute approximate surface area is 196 Å². The number of benzene rings is 1. The second kappa shape index (κ2) is 10.9. The zero-order valence-corrected chi connectivity index (χ0v) is 20.6. The first-order chi connectivity index (χ1) is 14.9. The largest absolute Gasteiger partial charge is 0.368 e. The van der Waals surface area contributed by atoms with Gasteiger partial charge in [0, 0.05) is 36.2 Å². The molecule has 1 saturated heterocycles. The van der Waals surface area contributed by atoms with Crippen LogP contribution in [0.5, 0.6) is 0 Å². The van der Waals surface area contributed by atoms with Crippen molar-refractivity contribution in [1.29, 1.82) is 5.26 Å². The first kappa shape index (κ1) is 23.5. The molecule has 1 amide bonds. The van der Waals surface area contributed by atoms with E-state index in [1.807, 2.05) is 13.0 Å². The summed E-state index contributed by atoms with van der Waals surface area (Å²) in [7, 11) is 0. The van der Waals surface area contributed by atoms with Gasteiger partial charge in [0.1, 0.15) is 17.6 Å².